The first kappa shape index (κ1) is 13.9. The molecule has 1 aromatic heterocycles. The van der Waals surface area contributed by atoms with Crippen LogP contribution in [0.15, 0.2) is 12.3 Å². The van der Waals surface area contributed by atoms with Crippen molar-refractivity contribution >= 4 is 18.3 Å². The molecule has 0 unspecified atom stereocenters. The molecule has 0 spiro atoms. The molecule has 1 fully saturated rings. The van der Waals surface area contributed by atoms with Crippen LogP contribution in [0.3, 0.4) is 0 Å². The van der Waals surface area contributed by atoms with Crippen LogP contribution in [-0.4, -0.2) is 28.2 Å². The second-order valence-electron chi connectivity index (χ2n) is 5.42. The summed E-state index contributed by atoms with van der Waals surface area (Å²) in [7, 11) is -0.795. The van der Waals surface area contributed by atoms with Crippen LogP contribution in [0, 0.1) is 16.1 Å². The molecule has 1 aliphatic rings. The number of hydrogen-bond donors (Lipinski definition) is 0. The number of halogens is 1. The van der Waals surface area contributed by atoms with Crippen molar-refractivity contribution in [3.8, 4) is 0 Å². The first-order valence-corrected chi connectivity index (χ1v) is 5.79. The van der Waals surface area contributed by atoms with Gasteiger partial charge >= 0.3 is 12.8 Å². The predicted molar refractivity (Wildman–Crippen MR) is 66.6 cm³/mol. The Morgan fingerprint density at radius 3 is 2.32 bits per heavy atom. The summed E-state index contributed by atoms with van der Waals surface area (Å²) < 4.78 is 24.6. The number of nitrogens with zero attached hydrogens (tertiary/aromatic N) is 2. The Labute approximate surface area is 110 Å². The highest BCUT2D eigenvalue weighted by Gasteiger charge is 2.52. The zero-order valence-electron chi connectivity index (χ0n) is 11.1. The van der Waals surface area contributed by atoms with Crippen molar-refractivity contribution < 1.29 is 18.6 Å². The summed E-state index contributed by atoms with van der Waals surface area (Å²) in [4.78, 5) is 13.2. The first-order valence-electron chi connectivity index (χ1n) is 5.79. The van der Waals surface area contributed by atoms with Gasteiger partial charge in [0.1, 0.15) is 0 Å². The van der Waals surface area contributed by atoms with Crippen LogP contribution in [0.2, 0.25) is 0 Å². The van der Waals surface area contributed by atoms with Gasteiger partial charge in [0.25, 0.3) is 5.95 Å². The molecule has 8 heteroatoms. The van der Waals surface area contributed by atoms with Crippen LogP contribution in [-0.2, 0) is 9.31 Å². The molecule has 0 atom stereocenters. The Bertz CT molecular complexity index is 519. The van der Waals surface area contributed by atoms with E-state index in [1.165, 1.54) is 6.20 Å². The molecule has 1 aromatic rings. The molecule has 0 saturated carbocycles. The summed E-state index contributed by atoms with van der Waals surface area (Å²) in [5.41, 5.74) is -1.50. The summed E-state index contributed by atoms with van der Waals surface area (Å²) in [6.45, 7) is 7.44. The van der Waals surface area contributed by atoms with Gasteiger partial charge < -0.3 is 9.31 Å². The molecular formula is C11H14BFN2O4. The van der Waals surface area contributed by atoms with Gasteiger partial charge in [-0.05, 0) is 27.7 Å². The standard InChI is InChI=1S/C11H14BFN2O4/c1-10(2)11(3,4)19-12(18-10)7-5-8(15(16)17)9(13)14-6-7/h5-6H,1-4H3. The molecule has 1 aliphatic heterocycles. The maximum atomic E-state index is 13.2. The second kappa shape index (κ2) is 4.24. The average Bonchev–Trinajstić information content (AvgIpc) is 2.48. The zero-order valence-corrected chi connectivity index (χ0v) is 11.1. The minimum absolute atomic E-state index is 0.326. The van der Waals surface area contributed by atoms with Crippen molar-refractivity contribution in [2.24, 2.45) is 0 Å². The fourth-order valence-electron chi connectivity index (χ4n) is 1.69. The Hall–Kier alpha value is -1.54. The van der Waals surface area contributed by atoms with Crippen molar-refractivity contribution in [2.45, 2.75) is 38.9 Å². The number of nitro groups is 1. The lowest BCUT2D eigenvalue weighted by Gasteiger charge is -2.32. The van der Waals surface area contributed by atoms with Gasteiger partial charge in [-0.2, -0.15) is 4.39 Å². The second-order valence-corrected chi connectivity index (χ2v) is 5.42. The number of aromatic nitrogens is 1. The normalized spacial score (nSPS) is 20.6. The van der Waals surface area contributed by atoms with Crippen molar-refractivity contribution in [1.82, 2.24) is 4.98 Å². The molecule has 0 radical (unpaired) electrons. The Balaban J connectivity index is 2.35. The minimum Gasteiger partial charge on any atom is -0.399 e. The van der Waals surface area contributed by atoms with Crippen LogP contribution in [0.5, 0.6) is 0 Å². The van der Waals surface area contributed by atoms with E-state index in [1.54, 1.807) is 0 Å². The van der Waals surface area contributed by atoms with E-state index in [4.69, 9.17) is 9.31 Å². The topological polar surface area (TPSA) is 74.5 Å². The van der Waals surface area contributed by atoms with Crippen LogP contribution in [0.4, 0.5) is 10.1 Å². The highest BCUT2D eigenvalue weighted by molar-refractivity contribution is 6.62. The Kier molecular flexibility index (Phi) is 3.10. The summed E-state index contributed by atoms with van der Waals surface area (Å²) in [6.07, 6.45) is 1.18. The molecule has 0 N–H and O–H groups in total. The number of hydrogen-bond acceptors (Lipinski definition) is 5. The van der Waals surface area contributed by atoms with E-state index in [9.17, 15) is 14.5 Å². The van der Waals surface area contributed by atoms with Gasteiger partial charge in [-0.15, -0.1) is 0 Å². The maximum absolute atomic E-state index is 13.2. The van der Waals surface area contributed by atoms with E-state index >= 15 is 0 Å². The van der Waals surface area contributed by atoms with Crippen LogP contribution >= 0.6 is 0 Å². The molecule has 0 bridgehead atoms. The molecule has 2 rings (SSSR count). The van der Waals surface area contributed by atoms with Crippen molar-refractivity contribution in [3.05, 3.63) is 28.3 Å². The third kappa shape index (κ3) is 2.33. The highest BCUT2D eigenvalue weighted by Crippen LogP contribution is 2.36. The van der Waals surface area contributed by atoms with Gasteiger partial charge in [-0.1, -0.05) is 0 Å². The summed E-state index contributed by atoms with van der Waals surface area (Å²) in [5, 5.41) is 10.7. The summed E-state index contributed by atoms with van der Waals surface area (Å²) >= 11 is 0. The lowest BCUT2D eigenvalue weighted by atomic mass is 9.80. The maximum Gasteiger partial charge on any atom is 0.496 e. The molecule has 2 heterocycles. The molecule has 19 heavy (non-hydrogen) atoms. The molecular weight excluding hydrogens is 254 g/mol. The van der Waals surface area contributed by atoms with E-state index in [1.807, 2.05) is 27.7 Å². The van der Waals surface area contributed by atoms with Gasteiger partial charge in [0, 0.05) is 17.7 Å². The summed E-state index contributed by atoms with van der Waals surface area (Å²) in [5.74, 6) is -1.12. The van der Waals surface area contributed by atoms with Crippen LogP contribution in [0.25, 0.3) is 0 Å². The minimum atomic E-state index is -1.12. The fourth-order valence-corrected chi connectivity index (χ4v) is 1.69. The Morgan fingerprint density at radius 1 is 1.32 bits per heavy atom. The van der Waals surface area contributed by atoms with E-state index in [0.29, 0.717) is 5.46 Å². The molecule has 0 aromatic carbocycles. The van der Waals surface area contributed by atoms with E-state index < -0.39 is 34.9 Å². The van der Waals surface area contributed by atoms with Gasteiger partial charge in [0.05, 0.1) is 16.1 Å². The third-order valence-electron chi connectivity index (χ3n) is 3.56. The predicted octanol–water partition coefficient (Wildman–Crippen LogP) is 1.43. The SMILES string of the molecule is CC1(C)OB(c2cnc(F)c([N+](=O)[O-])c2)OC1(C)C. The van der Waals surface area contributed by atoms with Gasteiger partial charge in [-0.3, -0.25) is 10.1 Å². The van der Waals surface area contributed by atoms with Gasteiger partial charge in [0.2, 0.25) is 0 Å². The quantitative estimate of drug-likeness (QED) is 0.351. The monoisotopic (exact) mass is 268 g/mol. The van der Waals surface area contributed by atoms with Crippen LogP contribution in [0.1, 0.15) is 27.7 Å². The van der Waals surface area contributed by atoms with Gasteiger partial charge in [-0.25, -0.2) is 4.98 Å². The lowest BCUT2D eigenvalue weighted by molar-refractivity contribution is -0.388. The number of pyridine rings is 1. The largest absolute Gasteiger partial charge is 0.496 e. The zero-order chi connectivity index (χ0) is 14.4. The average molecular weight is 268 g/mol. The molecule has 0 aliphatic carbocycles. The van der Waals surface area contributed by atoms with Crippen molar-refractivity contribution in [3.63, 3.8) is 0 Å². The van der Waals surface area contributed by atoms with Crippen molar-refractivity contribution in [1.29, 1.82) is 0 Å². The third-order valence-corrected chi connectivity index (χ3v) is 3.56. The molecule has 0 amide bonds. The van der Waals surface area contributed by atoms with E-state index in [0.717, 1.165) is 6.07 Å². The molecule has 102 valence electrons. The van der Waals surface area contributed by atoms with E-state index in [-0.39, 0.29) is 0 Å². The Morgan fingerprint density at radius 2 is 1.84 bits per heavy atom. The van der Waals surface area contributed by atoms with Crippen molar-refractivity contribution in [2.75, 3.05) is 0 Å². The van der Waals surface area contributed by atoms with Crippen LogP contribution < -0.4 is 5.46 Å². The first-order chi connectivity index (χ1) is 8.64. The fraction of sp³-hybridized carbons (Fsp3) is 0.545. The molecule has 6 nitrogen and oxygen atoms in total. The molecule has 1 saturated heterocycles. The number of rotatable bonds is 2. The smallest absolute Gasteiger partial charge is 0.399 e. The summed E-state index contributed by atoms with van der Waals surface area (Å²) in [6, 6.07) is 1.09. The van der Waals surface area contributed by atoms with Gasteiger partial charge in [0.15, 0.2) is 0 Å². The highest BCUT2D eigenvalue weighted by atomic mass is 19.1. The lowest BCUT2D eigenvalue weighted by Crippen LogP contribution is -2.41. The van der Waals surface area contributed by atoms with E-state index in [2.05, 4.69) is 4.98 Å².